The maximum absolute atomic E-state index is 11.9. The fourth-order valence-electron chi connectivity index (χ4n) is 2.72. The highest BCUT2D eigenvalue weighted by Gasteiger charge is 2.14. The van der Waals surface area contributed by atoms with Crippen molar-refractivity contribution in [3.63, 3.8) is 0 Å². The summed E-state index contributed by atoms with van der Waals surface area (Å²) < 4.78 is 19.3. The minimum atomic E-state index is -1.26. The summed E-state index contributed by atoms with van der Waals surface area (Å²) in [6.45, 7) is 3.19. The SMILES string of the molecule is CCOC(=O)CNP(COCCn1cnc2c(=O)[nH]c(N)nc21)OCc1cccc(Br)c1. The Kier molecular flexibility index (Phi) is 9.12. The number of nitrogens with one attached hydrogen (secondary N) is 2. The molecule has 3 aromatic rings. The second-order valence-corrected chi connectivity index (χ2v) is 9.03. The number of anilines is 1. The number of rotatable bonds is 12. The van der Waals surface area contributed by atoms with Crippen LogP contribution in [0.2, 0.25) is 0 Å². The number of fused-ring (bicyclic) bond motifs is 1. The zero-order valence-corrected chi connectivity index (χ0v) is 19.9. The minimum Gasteiger partial charge on any atom is -0.465 e. The molecule has 32 heavy (non-hydrogen) atoms. The molecule has 0 fully saturated rings. The van der Waals surface area contributed by atoms with E-state index in [1.807, 2.05) is 24.3 Å². The monoisotopic (exact) mass is 526 g/mol. The summed E-state index contributed by atoms with van der Waals surface area (Å²) in [6.07, 6.45) is 1.77. The number of imidazole rings is 1. The Morgan fingerprint density at radius 1 is 1.41 bits per heavy atom. The molecule has 2 aromatic heterocycles. The van der Waals surface area contributed by atoms with Crippen LogP contribution < -0.4 is 16.4 Å². The second-order valence-electron chi connectivity index (χ2n) is 6.52. The third-order valence-electron chi connectivity index (χ3n) is 4.16. The van der Waals surface area contributed by atoms with Crippen LogP contribution in [0.15, 0.2) is 39.9 Å². The molecular weight excluding hydrogens is 503 g/mol. The van der Waals surface area contributed by atoms with Gasteiger partial charge in [-0.2, -0.15) is 4.98 Å². The number of H-pyrrole nitrogens is 1. The second kappa shape index (κ2) is 12.0. The molecule has 0 radical (unpaired) electrons. The van der Waals surface area contributed by atoms with E-state index in [1.54, 1.807) is 11.5 Å². The molecule has 0 saturated carbocycles. The number of hydrogen-bond donors (Lipinski definition) is 3. The van der Waals surface area contributed by atoms with E-state index in [4.69, 9.17) is 19.7 Å². The van der Waals surface area contributed by atoms with E-state index in [-0.39, 0.29) is 35.9 Å². The van der Waals surface area contributed by atoms with Crippen molar-refractivity contribution in [3.05, 3.63) is 51.0 Å². The Labute approximate surface area is 193 Å². The molecule has 172 valence electrons. The van der Waals surface area contributed by atoms with Gasteiger partial charge in [-0.1, -0.05) is 28.1 Å². The van der Waals surface area contributed by atoms with Gasteiger partial charge in [-0.3, -0.25) is 19.7 Å². The van der Waals surface area contributed by atoms with Gasteiger partial charge in [-0.25, -0.2) is 4.98 Å². The van der Waals surface area contributed by atoms with Gasteiger partial charge >= 0.3 is 5.97 Å². The summed E-state index contributed by atoms with van der Waals surface area (Å²) in [5.74, 6) is -0.331. The molecule has 1 atom stereocenters. The maximum Gasteiger partial charge on any atom is 0.320 e. The number of nitrogens with two attached hydrogens (primary N) is 1. The standard InChI is InChI=1S/C19H24BrN6O5P/c1-2-30-15(27)9-23-32(31-10-13-4-3-5-14(20)8-13)12-29-7-6-26-11-22-16-17(26)24-19(21)25-18(16)28/h3-5,8,11,23H,2,6-7,9-10,12H2,1H3,(H3,21,24,25,28). The van der Waals surface area contributed by atoms with Crippen LogP contribution in [0, 0.1) is 0 Å². The first-order valence-corrected chi connectivity index (χ1v) is 12.0. The Morgan fingerprint density at radius 2 is 2.25 bits per heavy atom. The number of aromatic amines is 1. The number of esters is 1. The van der Waals surface area contributed by atoms with Crippen LogP contribution in [0.25, 0.3) is 11.2 Å². The lowest BCUT2D eigenvalue weighted by Crippen LogP contribution is -2.23. The fraction of sp³-hybridized carbons (Fsp3) is 0.368. The van der Waals surface area contributed by atoms with Crippen LogP contribution in [0.5, 0.6) is 0 Å². The molecule has 0 amide bonds. The topological polar surface area (TPSA) is 146 Å². The smallest absolute Gasteiger partial charge is 0.320 e. The number of aromatic nitrogens is 4. The van der Waals surface area contributed by atoms with Crippen molar-refractivity contribution in [2.45, 2.75) is 20.1 Å². The fourth-order valence-corrected chi connectivity index (χ4v) is 4.33. The first-order valence-electron chi connectivity index (χ1n) is 9.78. The molecule has 11 nitrogen and oxygen atoms in total. The molecule has 13 heteroatoms. The summed E-state index contributed by atoms with van der Waals surface area (Å²) in [5.41, 5.74) is 6.83. The minimum absolute atomic E-state index is 0.0257. The van der Waals surface area contributed by atoms with Crippen molar-refractivity contribution in [3.8, 4) is 0 Å². The van der Waals surface area contributed by atoms with E-state index in [1.165, 1.54) is 6.33 Å². The highest BCUT2D eigenvalue weighted by Crippen LogP contribution is 2.33. The summed E-state index contributed by atoms with van der Waals surface area (Å²) in [4.78, 5) is 34.2. The lowest BCUT2D eigenvalue weighted by Gasteiger charge is -2.19. The summed E-state index contributed by atoms with van der Waals surface area (Å²) in [7, 11) is -1.26. The predicted molar refractivity (Wildman–Crippen MR) is 124 cm³/mol. The van der Waals surface area contributed by atoms with Gasteiger partial charge in [-0.05, 0) is 24.6 Å². The van der Waals surface area contributed by atoms with Gasteiger partial charge in [0.15, 0.2) is 11.2 Å². The molecule has 0 bridgehead atoms. The predicted octanol–water partition coefficient (Wildman–Crippen LogP) is 2.12. The molecule has 1 unspecified atom stereocenters. The van der Waals surface area contributed by atoms with Crippen LogP contribution in [0.1, 0.15) is 12.5 Å². The number of hydrogen-bond acceptors (Lipinski definition) is 9. The van der Waals surface area contributed by atoms with Gasteiger partial charge in [-0.15, -0.1) is 0 Å². The Balaban J connectivity index is 1.54. The van der Waals surface area contributed by atoms with E-state index in [0.717, 1.165) is 10.0 Å². The molecule has 1 aromatic carbocycles. The van der Waals surface area contributed by atoms with Gasteiger partial charge in [0.05, 0.1) is 32.7 Å². The molecule has 0 aliphatic rings. The van der Waals surface area contributed by atoms with Crippen molar-refractivity contribution < 1.29 is 18.8 Å². The molecule has 3 rings (SSSR count). The first kappa shape index (κ1) is 24.3. The normalized spacial score (nSPS) is 12.2. The van der Waals surface area contributed by atoms with Crippen molar-refractivity contribution in [2.24, 2.45) is 0 Å². The van der Waals surface area contributed by atoms with Gasteiger partial charge < -0.3 is 24.3 Å². The number of halogens is 1. The average Bonchev–Trinajstić information content (AvgIpc) is 3.16. The summed E-state index contributed by atoms with van der Waals surface area (Å²) >= 11 is 3.44. The number of carbonyl (C=O) groups excluding carboxylic acids is 1. The van der Waals surface area contributed by atoms with E-state index >= 15 is 0 Å². The first-order chi connectivity index (χ1) is 15.5. The van der Waals surface area contributed by atoms with E-state index in [9.17, 15) is 9.59 Å². The summed E-state index contributed by atoms with van der Waals surface area (Å²) in [6, 6.07) is 7.78. The van der Waals surface area contributed by atoms with E-state index in [2.05, 4.69) is 36.0 Å². The maximum atomic E-state index is 11.9. The largest absolute Gasteiger partial charge is 0.465 e. The molecule has 0 aliphatic carbocycles. The lowest BCUT2D eigenvalue weighted by atomic mass is 10.2. The highest BCUT2D eigenvalue weighted by molar-refractivity contribution is 9.10. The lowest BCUT2D eigenvalue weighted by molar-refractivity contribution is -0.141. The zero-order chi connectivity index (χ0) is 22.9. The number of ether oxygens (including phenoxy) is 2. The van der Waals surface area contributed by atoms with Crippen molar-refractivity contribution in [1.29, 1.82) is 0 Å². The molecule has 2 heterocycles. The van der Waals surface area contributed by atoms with Crippen LogP contribution in [-0.2, 0) is 31.9 Å². The number of nitrogens with zero attached hydrogens (tertiary/aromatic N) is 3. The number of benzene rings is 1. The van der Waals surface area contributed by atoms with Crippen LogP contribution in [0.3, 0.4) is 0 Å². The summed E-state index contributed by atoms with van der Waals surface area (Å²) in [5, 5.41) is 3.07. The van der Waals surface area contributed by atoms with E-state index < -0.39 is 8.30 Å². The molecule has 4 N–H and O–H groups in total. The van der Waals surface area contributed by atoms with Crippen LogP contribution in [0.4, 0.5) is 5.95 Å². The van der Waals surface area contributed by atoms with Crippen LogP contribution >= 0.6 is 24.2 Å². The van der Waals surface area contributed by atoms with Crippen molar-refractivity contribution >= 4 is 47.3 Å². The Morgan fingerprint density at radius 3 is 3.03 bits per heavy atom. The van der Waals surface area contributed by atoms with Crippen molar-refractivity contribution in [2.75, 3.05) is 31.8 Å². The van der Waals surface area contributed by atoms with Gasteiger partial charge in [0, 0.05) is 11.0 Å². The molecule has 0 spiro atoms. The Bertz CT molecular complexity index is 1110. The molecule has 0 saturated heterocycles. The van der Waals surface area contributed by atoms with Gasteiger partial charge in [0.25, 0.3) is 5.56 Å². The molecule has 0 aliphatic heterocycles. The zero-order valence-electron chi connectivity index (χ0n) is 17.4. The van der Waals surface area contributed by atoms with E-state index in [0.29, 0.717) is 32.0 Å². The highest BCUT2D eigenvalue weighted by atomic mass is 79.9. The number of carbonyl (C=O) groups is 1. The third kappa shape index (κ3) is 7.07. The Hall–Kier alpha value is -2.37. The van der Waals surface area contributed by atoms with Crippen LogP contribution in [-0.4, -0.2) is 51.6 Å². The quantitative estimate of drug-likeness (QED) is 0.183. The van der Waals surface area contributed by atoms with Crippen molar-refractivity contribution in [1.82, 2.24) is 24.6 Å². The molecular formula is C19H24BrN6O5P. The number of nitrogen functional groups attached to an aromatic ring is 1. The average molecular weight is 527 g/mol. The third-order valence-corrected chi connectivity index (χ3v) is 6.02. The van der Waals surface area contributed by atoms with Gasteiger partial charge in [0.2, 0.25) is 5.95 Å². The van der Waals surface area contributed by atoms with Gasteiger partial charge in [0.1, 0.15) is 14.6 Å².